The zero-order valence-electron chi connectivity index (χ0n) is 10.3. The molecule has 4 nitrogen and oxygen atoms in total. The van der Waals surface area contributed by atoms with E-state index in [4.69, 9.17) is 0 Å². The third kappa shape index (κ3) is 1.97. The zero-order chi connectivity index (χ0) is 12.5. The Morgan fingerprint density at radius 1 is 1.33 bits per heavy atom. The van der Waals surface area contributed by atoms with Gasteiger partial charge < -0.3 is 9.88 Å². The molecule has 0 aliphatic heterocycles. The van der Waals surface area contributed by atoms with Gasteiger partial charge in [0.25, 0.3) is 0 Å². The van der Waals surface area contributed by atoms with Crippen molar-refractivity contribution < 1.29 is 0 Å². The van der Waals surface area contributed by atoms with E-state index in [0.717, 1.165) is 17.0 Å². The molecule has 0 saturated carbocycles. The fourth-order valence-corrected chi connectivity index (χ4v) is 2.77. The SMILES string of the molecule is CC(Nc1ccc2ncsc2c1)c1nccn1C. The molecule has 18 heavy (non-hydrogen) atoms. The number of rotatable bonds is 3. The molecule has 92 valence electrons. The summed E-state index contributed by atoms with van der Waals surface area (Å²) in [6, 6.07) is 6.41. The third-order valence-corrected chi connectivity index (χ3v) is 3.75. The van der Waals surface area contributed by atoms with Gasteiger partial charge >= 0.3 is 0 Å². The van der Waals surface area contributed by atoms with Crippen LogP contribution in [0.5, 0.6) is 0 Å². The van der Waals surface area contributed by atoms with Crippen molar-refractivity contribution in [2.75, 3.05) is 5.32 Å². The van der Waals surface area contributed by atoms with Crippen molar-refractivity contribution in [2.45, 2.75) is 13.0 Å². The van der Waals surface area contributed by atoms with Gasteiger partial charge in [0.1, 0.15) is 5.82 Å². The van der Waals surface area contributed by atoms with Crippen molar-refractivity contribution in [2.24, 2.45) is 7.05 Å². The van der Waals surface area contributed by atoms with Crippen LogP contribution in [0.1, 0.15) is 18.8 Å². The van der Waals surface area contributed by atoms with Crippen molar-refractivity contribution >= 4 is 27.2 Å². The van der Waals surface area contributed by atoms with Crippen LogP contribution in [-0.2, 0) is 7.05 Å². The predicted molar refractivity (Wildman–Crippen MR) is 74.9 cm³/mol. The number of hydrogen-bond donors (Lipinski definition) is 1. The second-order valence-corrected chi connectivity index (χ2v) is 5.18. The molecule has 1 N–H and O–H groups in total. The molecule has 0 amide bonds. The molecule has 2 aromatic heterocycles. The Bertz CT molecular complexity index is 670. The maximum Gasteiger partial charge on any atom is 0.130 e. The highest BCUT2D eigenvalue weighted by atomic mass is 32.1. The molecule has 0 aliphatic carbocycles. The number of aromatic nitrogens is 3. The average Bonchev–Trinajstić information content (AvgIpc) is 2.96. The average molecular weight is 258 g/mol. The lowest BCUT2D eigenvalue weighted by atomic mass is 10.2. The number of thiazole rings is 1. The van der Waals surface area contributed by atoms with Crippen LogP contribution in [0.25, 0.3) is 10.2 Å². The largest absolute Gasteiger partial charge is 0.375 e. The van der Waals surface area contributed by atoms with Gasteiger partial charge in [-0.15, -0.1) is 11.3 Å². The fraction of sp³-hybridized carbons (Fsp3) is 0.231. The lowest BCUT2D eigenvalue weighted by Crippen LogP contribution is -2.11. The number of imidazole rings is 1. The van der Waals surface area contributed by atoms with Crippen LogP contribution in [0.15, 0.2) is 36.1 Å². The van der Waals surface area contributed by atoms with Crippen molar-refractivity contribution in [1.82, 2.24) is 14.5 Å². The quantitative estimate of drug-likeness (QED) is 0.784. The number of anilines is 1. The van der Waals surface area contributed by atoms with E-state index in [9.17, 15) is 0 Å². The van der Waals surface area contributed by atoms with Gasteiger partial charge in [0.05, 0.1) is 21.8 Å². The van der Waals surface area contributed by atoms with Gasteiger partial charge in [0.15, 0.2) is 0 Å². The molecule has 0 fully saturated rings. The van der Waals surface area contributed by atoms with Crippen molar-refractivity contribution in [1.29, 1.82) is 0 Å². The zero-order valence-corrected chi connectivity index (χ0v) is 11.1. The number of nitrogens with one attached hydrogen (secondary N) is 1. The Morgan fingerprint density at radius 2 is 2.22 bits per heavy atom. The van der Waals surface area contributed by atoms with Gasteiger partial charge in [-0.3, -0.25) is 0 Å². The number of benzene rings is 1. The van der Waals surface area contributed by atoms with E-state index in [1.807, 2.05) is 35.6 Å². The van der Waals surface area contributed by atoms with Crippen molar-refractivity contribution in [3.63, 3.8) is 0 Å². The van der Waals surface area contributed by atoms with Crippen LogP contribution in [0.3, 0.4) is 0 Å². The van der Waals surface area contributed by atoms with Crippen LogP contribution in [0, 0.1) is 0 Å². The Hall–Kier alpha value is -1.88. The van der Waals surface area contributed by atoms with Crippen LogP contribution in [-0.4, -0.2) is 14.5 Å². The van der Waals surface area contributed by atoms with Crippen molar-refractivity contribution in [3.05, 3.63) is 41.9 Å². The number of aryl methyl sites for hydroxylation is 1. The van der Waals surface area contributed by atoms with Crippen LogP contribution >= 0.6 is 11.3 Å². The van der Waals surface area contributed by atoms with E-state index in [-0.39, 0.29) is 6.04 Å². The highest BCUT2D eigenvalue weighted by Gasteiger charge is 2.10. The Kier molecular flexibility index (Phi) is 2.76. The van der Waals surface area contributed by atoms with E-state index in [2.05, 4.69) is 34.3 Å². The molecule has 0 saturated heterocycles. The summed E-state index contributed by atoms with van der Waals surface area (Å²) in [5, 5.41) is 3.46. The highest BCUT2D eigenvalue weighted by molar-refractivity contribution is 7.16. The molecule has 2 heterocycles. The summed E-state index contributed by atoms with van der Waals surface area (Å²) >= 11 is 1.66. The van der Waals surface area contributed by atoms with Crippen molar-refractivity contribution in [3.8, 4) is 0 Å². The summed E-state index contributed by atoms with van der Waals surface area (Å²) in [5.41, 5.74) is 4.02. The van der Waals surface area contributed by atoms with E-state index in [1.54, 1.807) is 11.3 Å². The van der Waals surface area contributed by atoms with Crippen LogP contribution < -0.4 is 5.32 Å². The maximum atomic E-state index is 4.35. The Morgan fingerprint density at radius 3 is 3.00 bits per heavy atom. The minimum absolute atomic E-state index is 0.176. The Balaban J connectivity index is 1.85. The fourth-order valence-electron chi connectivity index (χ4n) is 2.05. The normalized spacial score (nSPS) is 12.8. The van der Waals surface area contributed by atoms with Gasteiger partial charge in [-0.25, -0.2) is 9.97 Å². The lowest BCUT2D eigenvalue weighted by Gasteiger charge is -2.15. The number of nitrogens with zero attached hydrogens (tertiary/aromatic N) is 3. The highest BCUT2D eigenvalue weighted by Crippen LogP contribution is 2.24. The maximum absolute atomic E-state index is 4.35. The van der Waals surface area contributed by atoms with Gasteiger partial charge in [0, 0.05) is 25.1 Å². The molecule has 0 radical (unpaired) electrons. The first-order chi connectivity index (χ1) is 8.74. The first-order valence-corrected chi connectivity index (χ1v) is 6.69. The predicted octanol–water partition coefficient (Wildman–Crippen LogP) is 3.20. The molecule has 3 rings (SSSR count). The standard InChI is InChI=1S/C13H14N4S/c1-9(13-14-5-6-17(13)2)16-10-3-4-11-12(7-10)18-8-15-11/h3-9,16H,1-2H3. The van der Waals surface area contributed by atoms with E-state index in [0.29, 0.717) is 0 Å². The summed E-state index contributed by atoms with van der Waals surface area (Å²) in [4.78, 5) is 8.63. The van der Waals surface area contributed by atoms with Gasteiger partial charge in [-0.05, 0) is 25.1 Å². The van der Waals surface area contributed by atoms with Gasteiger partial charge in [0.2, 0.25) is 0 Å². The molecule has 1 aromatic carbocycles. The first kappa shape index (κ1) is 11.2. The molecule has 0 aliphatic rings. The lowest BCUT2D eigenvalue weighted by molar-refractivity contribution is 0.722. The molecule has 1 atom stereocenters. The van der Waals surface area contributed by atoms with Gasteiger partial charge in [-0.2, -0.15) is 0 Å². The molecule has 3 aromatic rings. The summed E-state index contributed by atoms with van der Waals surface area (Å²) < 4.78 is 3.23. The number of hydrogen-bond acceptors (Lipinski definition) is 4. The Labute approximate surface area is 109 Å². The van der Waals surface area contributed by atoms with Gasteiger partial charge in [-0.1, -0.05) is 0 Å². The minimum Gasteiger partial charge on any atom is -0.375 e. The molecule has 5 heteroatoms. The third-order valence-electron chi connectivity index (χ3n) is 2.96. The second-order valence-electron chi connectivity index (χ2n) is 4.30. The van der Waals surface area contributed by atoms with E-state index >= 15 is 0 Å². The first-order valence-electron chi connectivity index (χ1n) is 5.81. The molecular formula is C13H14N4S. The van der Waals surface area contributed by atoms with Crippen LogP contribution in [0.2, 0.25) is 0 Å². The van der Waals surface area contributed by atoms with Crippen LogP contribution in [0.4, 0.5) is 5.69 Å². The monoisotopic (exact) mass is 258 g/mol. The summed E-state index contributed by atoms with van der Waals surface area (Å²) in [7, 11) is 2.01. The second kappa shape index (κ2) is 4.42. The number of fused-ring (bicyclic) bond motifs is 1. The molecule has 1 unspecified atom stereocenters. The molecular weight excluding hydrogens is 244 g/mol. The summed E-state index contributed by atoms with van der Waals surface area (Å²) in [5.74, 6) is 1.03. The summed E-state index contributed by atoms with van der Waals surface area (Å²) in [6.07, 6.45) is 3.78. The smallest absolute Gasteiger partial charge is 0.130 e. The summed E-state index contributed by atoms with van der Waals surface area (Å²) in [6.45, 7) is 2.11. The molecule has 0 spiro atoms. The van der Waals surface area contributed by atoms with E-state index in [1.165, 1.54) is 4.70 Å². The minimum atomic E-state index is 0.176. The topological polar surface area (TPSA) is 42.7 Å². The van der Waals surface area contributed by atoms with E-state index < -0.39 is 0 Å². The molecule has 0 bridgehead atoms.